The molecule has 0 aromatic carbocycles. The molecule has 0 unspecified atom stereocenters. The van der Waals surface area contributed by atoms with Gasteiger partial charge in [-0.15, -0.1) is 0 Å². The van der Waals surface area contributed by atoms with E-state index in [1.165, 1.54) is 23.5 Å². The Bertz CT molecular complexity index is 1400. The molecular weight excluding hydrogens is 475 g/mol. The number of imidazole rings is 1. The first-order valence-electron chi connectivity index (χ1n) is 11.3. The second kappa shape index (κ2) is 8.20. The molecule has 1 spiro atoms. The zero-order chi connectivity index (χ0) is 24.2. The standard InChI is InChI=1S/C24H22F3N7S/c25-24(26,27)18-12-16(3-7-29-18)35-17-14-32-22(34-11-8-31-21(17)34)33-9-4-23(5-10-33)13-15-2-1-6-30-19(15)20(23)28/h1-3,6-8,11-12,14,20H,4-5,9-10,13,28H2/t20-/m1/s1. The zero-order valence-electron chi connectivity index (χ0n) is 18.6. The summed E-state index contributed by atoms with van der Waals surface area (Å²) >= 11 is 1.19. The van der Waals surface area contributed by atoms with Crippen LogP contribution in [-0.4, -0.2) is 37.4 Å². The average Bonchev–Trinajstić information content (AvgIpc) is 3.44. The molecular formula is C24H22F3N7S. The Morgan fingerprint density at radius 3 is 2.63 bits per heavy atom. The number of rotatable bonds is 3. The van der Waals surface area contributed by atoms with Crippen LogP contribution in [0.3, 0.4) is 0 Å². The summed E-state index contributed by atoms with van der Waals surface area (Å²) in [6, 6.07) is 6.61. The molecule has 4 aromatic heterocycles. The molecule has 1 aliphatic heterocycles. The Morgan fingerprint density at radius 1 is 1.03 bits per heavy atom. The second-order valence-corrected chi connectivity index (χ2v) is 10.2. The summed E-state index contributed by atoms with van der Waals surface area (Å²) in [5.41, 5.74) is 8.66. The monoisotopic (exact) mass is 497 g/mol. The lowest BCUT2D eigenvalue weighted by Gasteiger charge is -2.42. The quantitative estimate of drug-likeness (QED) is 0.445. The van der Waals surface area contributed by atoms with Gasteiger partial charge < -0.3 is 10.6 Å². The third-order valence-electron chi connectivity index (χ3n) is 7.09. The number of hydrogen-bond donors (Lipinski definition) is 1. The molecule has 35 heavy (non-hydrogen) atoms. The van der Waals surface area contributed by atoms with Gasteiger partial charge in [-0.05, 0) is 48.4 Å². The number of aromatic nitrogens is 5. The van der Waals surface area contributed by atoms with E-state index in [1.807, 2.05) is 22.9 Å². The maximum atomic E-state index is 13.1. The molecule has 11 heteroatoms. The van der Waals surface area contributed by atoms with Gasteiger partial charge in [0.25, 0.3) is 0 Å². The molecule has 5 heterocycles. The van der Waals surface area contributed by atoms with Crippen molar-refractivity contribution in [2.75, 3.05) is 18.0 Å². The molecule has 0 saturated carbocycles. The van der Waals surface area contributed by atoms with E-state index in [-0.39, 0.29) is 11.5 Å². The van der Waals surface area contributed by atoms with E-state index in [0.29, 0.717) is 15.4 Å². The fourth-order valence-corrected chi connectivity index (χ4v) is 6.15. The van der Waals surface area contributed by atoms with Gasteiger partial charge in [-0.3, -0.25) is 14.4 Å². The van der Waals surface area contributed by atoms with E-state index in [1.54, 1.807) is 18.5 Å². The highest BCUT2D eigenvalue weighted by Crippen LogP contribution is 2.50. The number of nitrogens with zero attached hydrogens (tertiary/aromatic N) is 6. The molecule has 1 fully saturated rings. The van der Waals surface area contributed by atoms with Crippen molar-refractivity contribution in [1.29, 1.82) is 0 Å². The van der Waals surface area contributed by atoms with Crippen LogP contribution in [0.4, 0.5) is 19.1 Å². The third kappa shape index (κ3) is 3.82. The van der Waals surface area contributed by atoms with Crippen LogP contribution >= 0.6 is 11.8 Å². The van der Waals surface area contributed by atoms with Crippen molar-refractivity contribution in [3.63, 3.8) is 0 Å². The summed E-state index contributed by atoms with van der Waals surface area (Å²) in [6.45, 7) is 1.60. The molecule has 2 aliphatic rings. The Kier molecular flexibility index (Phi) is 5.22. The highest BCUT2D eigenvalue weighted by atomic mass is 32.2. The van der Waals surface area contributed by atoms with Gasteiger partial charge >= 0.3 is 6.18 Å². The molecule has 1 saturated heterocycles. The molecule has 4 aromatic rings. The Balaban J connectivity index is 1.23. The minimum absolute atomic E-state index is 0.00850. The summed E-state index contributed by atoms with van der Waals surface area (Å²) in [5, 5.41) is 0. The topological polar surface area (TPSA) is 85.2 Å². The summed E-state index contributed by atoms with van der Waals surface area (Å²) in [4.78, 5) is 20.4. The van der Waals surface area contributed by atoms with Crippen LogP contribution < -0.4 is 10.6 Å². The Hall–Kier alpha value is -3.18. The fraction of sp³-hybridized carbons (Fsp3) is 0.333. The molecule has 1 atom stereocenters. The number of halogens is 3. The fourth-order valence-electron chi connectivity index (χ4n) is 5.25. The molecule has 2 N–H and O–H groups in total. The summed E-state index contributed by atoms with van der Waals surface area (Å²) < 4.78 is 41.1. The highest BCUT2D eigenvalue weighted by Gasteiger charge is 2.47. The molecule has 0 radical (unpaired) electrons. The minimum Gasteiger partial charge on any atom is -0.342 e. The smallest absolute Gasteiger partial charge is 0.342 e. The van der Waals surface area contributed by atoms with Gasteiger partial charge in [0.05, 0.1) is 16.6 Å². The first-order valence-corrected chi connectivity index (χ1v) is 12.1. The number of fused-ring (bicyclic) bond motifs is 2. The van der Waals surface area contributed by atoms with Gasteiger partial charge in [0, 0.05) is 49.0 Å². The molecule has 180 valence electrons. The Labute approximate surface area is 203 Å². The van der Waals surface area contributed by atoms with Crippen molar-refractivity contribution in [3.8, 4) is 0 Å². The van der Waals surface area contributed by atoms with E-state index in [4.69, 9.17) is 10.7 Å². The third-order valence-corrected chi connectivity index (χ3v) is 8.09. The molecule has 6 rings (SSSR count). The van der Waals surface area contributed by atoms with Gasteiger partial charge in [0.2, 0.25) is 5.95 Å². The number of anilines is 1. The van der Waals surface area contributed by atoms with Gasteiger partial charge in [0.1, 0.15) is 5.69 Å². The Morgan fingerprint density at radius 2 is 1.86 bits per heavy atom. The van der Waals surface area contributed by atoms with Crippen LogP contribution in [0.2, 0.25) is 0 Å². The minimum atomic E-state index is -4.49. The number of piperidine rings is 1. The molecule has 0 amide bonds. The van der Waals surface area contributed by atoms with Gasteiger partial charge in [0.15, 0.2) is 5.65 Å². The van der Waals surface area contributed by atoms with Crippen LogP contribution in [0.5, 0.6) is 0 Å². The lowest BCUT2D eigenvalue weighted by molar-refractivity contribution is -0.141. The van der Waals surface area contributed by atoms with E-state index in [2.05, 4.69) is 25.9 Å². The normalized spacial score (nSPS) is 19.4. The SMILES string of the molecule is N[C@@H]1c2ncccc2CC12CCN(c1ncc(Sc3ccnc(C(F)(F)F)c3)c3nccn13)CC2. The maximum absolute atomic E-state index is 13.1. The van der Waals surface area contributed by atoms with Gasteiger partial charge in [-0.25, -0.2) is 9.97 Å². The summed E-state index contributed by atoms with van der Waals surface area (Å²) in [7, 11) is 0. The lowest BCUT2D eigenvalue weighted by Crippen LogP contribution is -2.45. The zero-order valence-corrected chi connectivity index (χ0v) is 19.4. The van der Waals surface area contributed by atoms with Crippen molar-refractivity contribution in [3.05, 3.63) is 72.2 Å². The van der Waals surface area contributed by atoms with Crippen molar-refractivity contribution >= 4 is 23.4 Å². The number of pyridine rings is 2. The first-order chi connectivity index (χ1) is 16.8. The van der Waals surface area contributed by atoms with Crippen LogP contribution in [0, 0.1) is 5.41 Å². The number of alkyl halides is 3. The van der Waals surface area contributed by atoms with E-state index in [0.717, 1.165) is 50.1 Å². The first kappa shape index (κ1) is 22.3. The van der Waals surface area contributed by atoms with Gasteiger partial charge in [-0.1, -0.05) is 17.8 Å². The van der Waals surface area contributed by atoms with E-state index >= 15 is 0 Å². The lowest BCUT2D eigenvalue weighted by atomic mass is 9.73. The molecule has 0 bridgehead atoms. The van der Waals surface area contributed by atoms with Crippen LogP contribution in [0.15, 0.2) is 65.0 Å². The van der Waals surface area contributed by atoms with Crippen LogP contribution in [0.25, 0.3) is 5.65 Å². The van der Waals surface area contributed by atoms with Crippen molar-refractivity contribution < 1.29 is 13.2 Å². The largest absolute Gasteiger partial charge is 0.433 e. The average molecular weight is 498 g/mol. The second-order valence-electron chi connectivity index (χ2n) is 9.07. The molecule has 1 aliphatic carbocycles. The van der Waals surface area contributed by atoms with E-state index < -0.39 is 11.9 Å². The summed E-state index contributed by atoms with van der Waals surface area (Å²) in [6.07, 6.45) is 6.48. The van der Waals surface area contributed by atoms with Crippen LogP contribution in [-0.2, 0) is 12.6 Å². The highest BCUT2D eigenvalue weighted by molar-refractivity contribution is 7.99. The maximum Gasteiger partial charge on any atom is 0.433 e. The number of hydrogen-bond acceptors (Lipinski definition) is 7. The van der Waals surface area contributed by atoms with Crippen molar-refractivity contribution in [2.24, 2.45) is 11.1 Å². The van der Waals surface area contributed by atoms with Crippen molar-refractivity contribution in [2.45, 2.75) is 41.3 Å². The number of nitrogens with two attached hydrogens (primary N) is 1. The van der Waals surface area contributed by atoms with Crippen LogP contribution in [0.1, 0.15) is 35.8 Å². The predicted octanol–water partition coefficient (Wildman–Crippen LogP) is 4.53. The predicted molar refractivity (Wildman–Crippen MR) is 125 cm³/mol. The van der Waals surface area contributed by atoms with Gasteiger partial charge in [-0.2, -0.15) is 13.2 Å². The summed E-state index contributed by atoms with van der Waals surface area (Å²) in [5.74, 6) is 0.768. The molecule has 7 nitrogen and oxygen atoms in total. The van der Waals surface area contributed by atoms with E-state index in [9.17, 15) is 13.2 Å². The van der Waals surface area contributed by atoms with Crippen molar-refractivity contribution in [1.82, 2.24) is 24.3 Å².